The number of nitriles is 2. The predicted molar refractivity (Wildman–Crippen MR) is 100 cm³/mol. The quantitative estimate of drug-likeness (QED) is 0.415. The molecule has 0 amide bonds. The molecule has 0 radical (unpaired) electrons. The smallest absolute Gasteiger partial charge is 0.211 e. The Morgan fingerprint density at radius 2 is 2.11 bits per heavy atom. The molecule has 0 saturated heterocycles. The van der Waals surface area contributed by atoms with E-state index in [-0.39, 0.29) is 34.6 Å². The number of anilines is 3. The van der Waals surface area contributed by atoms with E-state index < -0.39 is 11.9 Å². The minimum absolute atomic E-state index is 0.0122. The molecular formula is C16H12BrFN8O. The lowest BCUT2D eigenvalue weighted by Gasteiger charge is -2.27. The highest BCUT2D eigenvalue weighted by Gasteiger charge is 2.32. The summed E-state index contributed by atoms with van der Waals surface area (Å²) >= 11 is 3.24. The third kappa shape index (κ3) is 3.05. The zero-order valence-corrected chi connectivity index (χ0v) is 15.4. The molecule has 9 nitrogen and oxygen atoms in total. The Morgan fingerprint density at radius 3 is 2.74 bits per heavy atom. The molecule has 1 aromatic heterocycles. The number of halogens is 2. The summed E-state index contributed by atoms with van der Waals surface area (Å²) in [5, 5.41) is 23.4. The van der Waals surface area contributed by atoms with Gasteiger partial charge in [0.25, 0.3) is 0 Å². The first-order chi connectivity index (χ1) is 12.9. The highest BCUT2D eigenvalue weighted by atomic mass is 79.9. The first-order valence-corrected chi connectivity index (χ1v) is 8.22. The van der Waals surface area contributed by atoms with E-state index in [1.807, 2.05) is 6.07 Å². The minimum atomic E-state index is -0.903. The lowest BCUT2D eigenvalue weighted by atomic mass is 9.94. The molecule has 1 aliphatic rings. The van der Waals surface area contributed by atoms with E-state index in [2.05, 4.69) is 36.5 Å². The lowest BCUT2D eigenvalue weighted by Crippen LogP contribution is -2.33. The van der Waals surface area contributed by atoms with Crippen LogP contribution in [-0.2, 0) is 0 Å². The van der Waals surface area contributed by atoms with Gasteiger partial charge >= 0.3 is 0 Å². The van der Waals surface area contributed by atoms with Crippen LogP contribution in [0.2, 0.25) is 0 Å². The molecule has 1 aromatic carbocycles. The van der Waals surface area contributed by atoms with Gasteiger partial charge in [-0.2, -0.15) is 10.5 Å². The second kappa shape index (κ2) is 6.97. The summed E-state index contributed by atoms with van der Waals surface area (Å²) in [7, 11) is 1.32. The van der Waals surface area contributed by atoms with Crippen molar-refractivity contribution in [3.63, 3.8) is 0 Å². The number of aromatic nitrogens is 1. The lowest BCUT2D eigenvalue weighted by molar-refractivity contribution is 0.379. The summed E-state index contributed by atoms with van der Waals surface area (Å²) in [4.78, 5) is 8.52. The van der Waals surface area contributed by atoms with E-state index >= 15 is 0 Å². The molecule has 0 aliphatic carbocycles. The summed E-state index contributed by atoms with van der Waals surface area (Å²) in [6.45, 7) is 0. The van der Waals surface area contributed by atoms with Gasteiger partial charge in [0.2, 0.25) is 5.96 Å². The fourth-order valence-corrected chi connectivity index (χ4v) is 3.25. The molecular weight excluding hydrogens is 419 g/mol. The van der Waals surface area contributed by atoms with Gasteiger partial charge in [0.05, 0.1) is 12.8 Å². The molecule has 0 bridgehead atoms. The van der Waals surface area contributed by atoms with Gasteiger partial charge in [-0.3, -0.25) is 5.32 Å². The van der Waals surface area contributed by atoms with Crippen molar-refractivity contribution < 1.29 is 9.13 Å². The highest BCUT2D eigenvalue weighted by molar-refractivity contribution is 9.10. The minimum Gasteiger partial charge on any atom is -0.493 e. The maximum atomic E-state index is 14.4. The number of nitrogens with one attached hydrogen (secondary N) is 2. The highest BCUT2D eigenvalue weighted by Crippen LogP contribution is 2.44. The van der Waals surface area contributed by atoms with E-state index in [1.165, 1.54) is 13.2 Å². The Bertz CT molecular complexity index is 1060. The van der Waals surface area contributed by atoms with Crippen LogP contribution in [0.15, 0.2) is 21.6 Å². The number of rotatable bonds is 2. The molecule has 11 heteroatoms. The Morgan fingerprint density at radius 1 is 1.37 bits per heavy atom. The van der Waals surface area contributed by atoms with Crippen LogP contribution in [0.1, 0.15) is 22.7 Å². The van der Waals surface area contributed by atoms with Crippen LogP contribution in [0.5, 0.6) is 5.75 Å². The van der Waals surface area contributed by atoms with Gasteiger partial charge in [0.1, 0.15) is 29.3 Å². The number of guanidine groups is 1. The zero-order valence-electron chi connectivity index (χ0n) is 13.8. The van der Waals surface area contributed by atoms with Gasteiger partial charge in [0, 0.05) is 15.6 Å². The summed E-state index contributed by atoms with van der Waals surface area (Å²) in [6, 6.07) is 3.85. The van der Waals surface area contributed by atoms with Crippen LogP contribution in [0.3, 0.4) is 0 Å². The molecule has 1 aliphatic heterocycles. The maximum absolute atomic E-state index is 14.4. The average molecular weight is 431 g/mol. The van der Waals surface area contributed by atoms with E-state index in [9.17, 15) is 9.65 Å². The van der Waals surface area contributed by atoms with Gasteiger partial charge in [-0.05, 0) is 12.1 Å². The van der Waals surface area contributed by atoms with Crippen molar-refractivity contribution in [1.29, 1.82) is 10.5 Å². The Hall–Kier alpha value is -3.57. The summed E-state index contributed by atoms with van der Waals surface area (Å²) in [5.41, 5.74) is 12.6. The van der Waals surface area contributed by atoms with Crippen molar-refractivity contribution >= 4 is 39.2 Å². The van der Waals surface area contributed by atoms with E-state index in [0.29, 0.717) is 15.6 Å². The topological polar surface area (TPSA) is 158 Å². The van der Waals surface area contributed by atoms with Crippen molar-refractivity contribution in [1.82, 2.24) is 10.3 Å². The number of nitrogen functional groups attached to an aromatic ring is 2. The zero-order chi connectivity index (χ0) is 19.7. The standard InChI is InChI=1S/C16H12BrFN8O/c1-27-13-7(2-6(17)3-9(13)18)12-10-11(21)8(4-19)14(22)25-15(10)26-16(24-12)23-5-20/h2-3,12H,1H3,(H6,21,22,23,24,25,26). The SMILES string of the molecule is COc1c(F)cc(Br)cc1C1N=C(NC#N)Nc2nc(N)c(C#N)c(N)c21. The number of fused-ring (bicyclic) bond motifs is 1. The Kier molecular flexibility index (Phi) is 4.71. The molecule has 0 spiro atoms. The second-order valence-corrected chi connectivity index (χ2v) is 6.33. The van der Waals surface area contributed by atoms with Gasteiger partial charge in [0.15, 0.2) is 17.8 Å². The Labute approximate surface area is 161 Å². The van der Waals surface area contributed by atoms with Crippen molar-refractivity contribution in [2.75, 3.05) is 23.9 Å². The predicted octanol–water partition coefficient (Wildman–Crippen LogP) is 1.97. The molecule has 1 unspecified atom stereocenters. The number of nitrogens with two attached hydrogens (primary N) is 2. The number of ether oxygens (including phenoxy) is 1. The molecule has 0 saturated carbocycles. The van der Waals surface area contributed by atoms with Crippen LogP contribution >= 0.6 is 15.9 Å². The molecule has 6 N–H and O–H groups in total. The van der Waals surface area contributed by atoms with Crippen LogP contribution in [0.4, 0.5) is 21.7 Å². The number of pyridine rings is 1. The molecule has 136 valence electrons. The van der Waals surface area contributed by atoms with Gasteiger partial charge in [-0.15, -0.1) is 0 Å². The largest absolute Gasteiger partial charge is 0.493 e. The van der Waals surface area contributed by atoms with Gasteiger partial charge < -0.3 is 21.5 Å². The van der Waals surface area contributed by atoms with Gasteiger partial charge in [-0.25, -0.2) is 14.4 Å². The number of aliphatic imine (C=N–C) groups is 1. The van der Waals surface area contributed by atoms with Crippen LogP contribution in [0, 0.1) is 28.6 Å². The fourth-order valence-electron chi connectivity index (χ4n) is 2.80. The van der Waals surface area contributed by atoms with Crippen molar-refractivity contribution in [2.45, 2.75) is 6.04 Å². The molecule has 1 atom stereocenters. The van der Waals surface area contributed by atoms with Crippen molar-refractivity contribution in [2.24, 2.45) is 4.99 Å². The third-order valence-electron chi connectivity index (χ3n) is 3.89. The van der Waals surface area contributed by atoms with Crippen molar-refractivity contribution in [3.05, 3.63) is 39.1 Å². The fraction of sp³-hybridized carbons (Fsp3) is 0.125. The van der Waals surface area contributed by atoms with Crippen LogP contribution in [0.25, 0.3) is 0 Å². The second-order valence-electron chi connectivity index (χ2n) is 5.41. The van der Waals surface area contributed by atoms with Crippen LogP contribution < -0.4 is 26.8 Å². The Balaban J connectivity index is 2.34. The summed E-state index contributed by atoms with van der Waals surface area (Å²) in [5.74, 6) is -0.483. The molecule has 2 aromatic rings. The van der Waals surface area contributed by atoms with E-state index in [1.54, 1.807) is 12.3 Å². The number of nitrogens with zero attached hydrogens (tertiary/aromatic N) is 4. The first kappa shape index (κ1) is 18.2. The van der Waals surface area contributed by atoms with E-state index in [0.717, 1.165) is 0 Å². The maximum Gasteiger partial charge on any atom is 0.211 e. The third-order valence-corrected chi connectivity index (χ3v) is 4.35. The normalized spacial score (nSPS) is 14.9. The molecule has 27 heavy (non-hydrogen) atoms. The van der Waals surface area contributed by atoms with Gasteiger partial charge in [-0.1, -0.05) is 15.9 Å². The van der Waals surface area contributed by atoms with E-state index in [4.69, 9.17) is 21.5 Å². The first-order valence-electron chi connectivity index (χ1n) is 7.43. The molecule has 0 fully saturated rings. The summed E-state index contributed by atoms with van der Waals surface area (Å²) < 4.78 is 20.0. The monoisotopic (exact) mass is 430 g/mol. The average Bonchev–Trinajstić information content (AvgIpc) is 2.61. The number of benzene rings is 1. The van der Waals surface area contributed by atoms with Crippen molar-refractivity contribution in [3.8, 4) is 18.0 Å². The van der Waals surface area contributed by atoms with Crippen LogP contribution in [-0.4, -0.2) is 18.1 Å². The number of hydrogen-bond acceptors (Lipinski definition) is 9. The summed E-state index contributed by atoms with van der Waals surface area (Å²) in [6.07, 6.45) is 1.74. The number of hydrogen-bond donors (Lipinski definition) is 4. The number of methoxy groups -OCH3 is 1. The molecule has 2 heterocycles. The molecule has 3 rings (SSSR count).